The second-order valence-electron chi connectivity index (χ2n) is 5.97. The fourth-order valence-electron chi connectivity index (χ4n) is 2.81. The SMILES string of the molecule is COc1cc(-c2cn(S(=O)(=O)c3cccc([N+](=O)[O-])c3)nc2N)cc(OC)c1OC. The number of methoxy groups -OCH3 is 3. The molecule has 2 aromatic carbocycles. The van der Waals surface area contributed by atoms with Crippen LogP contribution in [-0.2, 0) is 10.0 Å². The minimum absolute atomic E-state index is 0.0710. The summed E-state index contributed by atoms with van der Waals surface area (Å²) in [6, 6.07) is 7.85. The summed E-state index contributed by atoms with van der Waals surface area (Å²) < 4.78 is 42.4. The molecule has 0 unspecified atom stereocenters. The van der Waals surface area contributed by atoms with Gasteiger partial charge >= 0.3 is 0 Å². The second-order valence-corrected chi connectivity index (χ2v) is 7.77. The average Bonchev–Trinajstić information content (AvgIpc) is 3.15. The molecule has 0 radical (unpaired) electrons. The number of non-ortho nitro benzene ring substituents is 1. The van der Waals surface area contributed by atoms with Crippen LogP contribution in [0.15, 0.2) is 47.5 Å². The number of nitro benzene ring substituents is 1. The molecule has 0 atom stereocenters. The molecule has 0 saturated heterocycles. The van der Waals surface area contributed by atoms with Crippen molar-refractivity contribution >= 4 is 21.5 Å². The number of nitro groups is 1. The maximum absolute atomic E-state index is 12.9. The van der Waals surface area contributed by atoms with Crippen LogP contribution in [0.1, 0.15) is 0 Å². The molecule has 11 nitrogen and oxygen atoms in total. The number of nitrogen functional groups attached to an aromatic ring is 1. The fraction of sp³-hybridized carbons (Fsp3) is 0.167. The maximum Gasteiger partial charge on any atom is 0.283 e. The summed E-state index contributed by atoms with van der Waals surface area (Å²) in [5.74, 6) is 0.985. The Bertz CT molecular complexity index is 1200. The van der Waals surface area contributed by atoms with E-state index in [1.165, 1.54) is 45.7 Å². The number of benzene rings is 2. The van der Waals surface area contributed by atoms with Crippen LogP contribution in [0.2, 0.25) is 0 Å². The monoisotopic (exact) mass is 434 g/mol. The Morgan fingerprint density at radius 2 is 1.70 bits per heavy atom. The summed E-state index contributed by atoms with van der Waals surface area (Å²) in [4.78, 5) is 9.99. The van der Waals surface area contributed by atoms with Crippen molar-refractivity contribution in [2.24, 2.45) is 0 Å². The molecule has 158 valence electrons. The molecule has 0 spiro atoms. The highest BCUT2D eigenvalue weighted by Crippen LogP contribution is 2.42. The molecular formula is C18H18N4O7S. The zero-order valence-corrected chi connectivity index (χ0v) is 17.0. The van der Waals surface area contributed by atoms with Crippen molar-refractivity contribution in [3.05, 3.63) is 52.7 Å². The van der Waals surface area contributed by atoms with Gasteiger partial charge in [0.1, 0.15) is 0 Å². The highest BCUT2D eigenvalue weighted by Gasteiger charge is 2.24. The lowest BCUT2D eigenvalue weighted by Gasteiger charge is -2.13. The minimum atomic E-state index is -4.21. The number of aromatic nitrogens is 2. The van der Waals surface area contributed by atoms with E-state index in [-0.39, 0.29) is 16.4 Å². The number of hydrogen-bond donors (Lipinski definition) is 1. The third-order valence-electron chi connectivity index (χ3n) is 4.27. The lowest BCUT2D eigenvalue weighted by Crippen LogP contribution is -2.14. The smallest absolute Gasteiger partial charge is 0.283 e. The molecule has 0 bridgehead atoms. The number of nitrogens with zero attached hydrogens (tertiary/aromatic N) is 3. The van der Waals surface area contributed by atoms with Gasteiger partial charge in [-0.05, 0) is 23.8 Å². The van der Waals surface area contributed by atoms with Gasteiger partial charge in [-0.25, -0.2) is 0 Å². The van der Waals surface area contributed by atoms with Crippen LogP contribution in [0, 0.1) is 10.1 Å². The van der Waals surface area contributed by atoms with Gasteiger partial charge in [0, 0.05) is 17.7 Å². The summed E-state index contributed by atoms with van der Waals surface area (Å²) in [5, 5.41) is 14.9. The fourth-order valence-corrected chi connectivity index (χ4v) is 3.99. The average molecular weight is 434 g/mol. The third kappa shape index (κ3) is 3.59. The normalized spacial score (nSPS) is 11.2. The Morgan fingerprint density at radius 3 is 2.23 bits per heavy atom. The van der Waals surface area contributed by atoms with E-state index < -0.39 is 14.9 Å². The summed E-state index contributed by atoms with van der Waals surface area (Å²) in [7, 11) is 0.132. The molecule has 0 aliphatic rings. The Hall–Kier alpha value is -3.80. The van der Waals surface area contributed by atoms with E-state index in [0.717, 1.165) is 6.07 Å². The highest BCUT2D eigenvalue weighted by molar-refractivity contribution is 7.89. The molecule has 0 amide bonds. The van der Waals surface area contributed by atoms with Crippen molar-refractivity contribution in [2.45, 2.75) is 4.90 Å². The van der Waals surface area contributed by atoms with Crippen molar-refractivity contribution in [1.82, 2.24) is 9.19 Å². The number of ether oxygens (including phenoxy) is 3. The van der Waals surface area contributed by atoms with Crippen LogP contribution in [0.4, 0.5) is 11.5 Å². The Balaban J connectivity index is 2.12. The van der Waals surface area contributed by atoms with Crippen molar-refractivity contribution in [3.63, 3.8) is 0 Å². The lowest BCUT2D eigenvalue weighted by atomic mass is 10.1. The van der Waals surface area contributed by atoms with Crippen molar-refractivity contribution in [2.75, 3.05) is 27.1 Å². The number of nitrogens with two attached hydrogens (primary N) is 1. The Labute approximate surface area is 171 Å². The van der Waals surface area contributed by atoms with E-state index in [9.17, 15) is 18.5 Å². The van der Waals surface area contributed by atoms with Crippen molar-refractivity contribution < 1.29 is 27.6 Å². The standard InChI is InChI=1S/C18H18N4O7S/c1-27-15-7-11(8-16(28-2)17(15)29-3)14-10-21(20-18(14)19)30(25,26)13-6-4-5-12(9-13)22(23)24/h4-10H,1-3H3,(H2,19,20). The number of anilines is 1. The van der Waals surface area contributed by atoms with Gasteiger partial charge in [-0.3, -0.25) is 10.1 Å². The lowest BCUT2D eigenvalue weighted by molar-refractivity contribution is -0.385. The van der Waals surface area contributed by atoms with Crippen LogP contribution in [0.3, 0.4) is 0 Å². The van der Waals surface area contributed by atoms with E-state index in [1.807, 2.05) is 0 Å². The first-order valence-electron chi connectivity index (χ1n) is 8.38. The number of hydrogen-bond acceptors (Lipinski definition) is 9. The molecule has 0 aliphatic carbocycles. The van der Waals surface area contributed by atoms with E-state index in [0.29, 0.717) is 32.5 Å². The number of rotatable bonds is 7. The van der Waals surface area contributed by atoms with Gasteiger partial charge in [0.05, 0.1) is 37.3 Å². The molecule has 0 saturated carbocycles. The molecule has 3 rings (SSSR count). The van der Waals surface area contributed by atoms with Crippen LogP contribution in [0.5, 0.6) is 17.2 Å². The molecule has 0 aliphatic heterocycles. The van der Waals surface area contributed by atoms with Gasteiger partial charge in [0.25, 0.3) is 15.7 Å². The van der Waals surface area contributed by atoms with E-state index in [1.54, 1.807) is 12.1 Å². The topological polar surface area (TPSA) is 149 Å². The van der Waals surface area contributed by atoms with Crippen LogP contribution in [-0.4, -0.2) is 43.9 Å². The van der Waals surface area contributed by atoms with Crippen LogP contribution in [0.25, 0.3) is 11.1 Å². The maximum atomic E-state index is 12.9. The van der Waals surface area contributed by atoms with Gasteiger partial charge in [-0.2, -0.15) is 12.5 Å². The first-order chi connectivity index (χ1) is 14.2. The van der Waals surface area contributed by atoms with Crippen LogP contribution >= 0.6 is 0 Å². The predicted molar refractivity (Wildman–Crippen MR) is 107 cm³/mol. The van der Waals surface area contributed by atoms with Gasteiger partial charge < -0.3 is 19.9 Å². The van der Waals surface area contributed by atoms with Crippen molar-refractivity contribution in [1.29, 1.82) is 0 Å². The summed E-state index contributed by atoms with van der Waals surface area (Å²) in [6.07, 6.45) is 1.21. The predicted octanol–water partition coefficient (Wildman–Crippen LogP) is 2.30. The molecule has 1 aromatic heterocycles. The molecule has 1 heterocycles. The zero-order chi connectivity index (χ0) is 22.1. The molecular weight excluding hydrogens is 416 g/mol. The van der Waals surface area contributed by atoms with E-state index >= 15 is 0 Å². The Morgan fingerprint density at radius 1 is 1.07 bits per heavy atom. The Kier molecular flexibility index (Phi) is 5.52. The van der Waals surface area contributed by atoms with E-state index in [4.69, 9.17) is 19.9 Å². The highest BCUT2D eigenvalue weighted by atomic mass is 32.2. The second kappa shape index (κ2) is 7.91. The first-order valence-corrected chi connectivity index (χ1v) is 9.82. The van der Waals surface area contributed by atoms with Gasteiger partial charge in [-0.15, -0.1) is 5.10 Å². The molecule has 12 heteroatoms. The van der Waals surface area contributed by atoms with Gasteiger partial charge in [0.15, 0.2) is 17.3 Å². The van der Waals surface area contributed by atoms with Crippen LogP contribution < -0.4 is 19.9 Å². The van der Waals surface area contributed by atoms with E-state index in [2.05, 4.69) is 5.10 Å². The molecule has 30 heavy (non-hydrogen) atoms. The molecule has 0 fully saturated rings. The van der Waals surface area contributed by atoms with Crippen molar-refractivity contribution in [3.8, 4) is 28.4 Å². The zero-order valence-electron chi connectivity index (χ0n) is 16.2. The third-order valence-corrected chi connectivity index (χ3v) is 5.80. The summed E-state index contributed by atoms with van der Waals surface area (Å²) in [5.41, 5.74) is 6.37. The minimum Gasteiger partial charge on any atom is -0.493 e. The van der Waals surface area contributed by atoms with Gasteiger partial charge in [0.2, 0.25) is 5.75 Å². The van der Waals surface area contributed by atoms with Gasteiger partial charge in [-0.1, -0.05) is 6.07 Å². The molecule has 3 aromatic rings. The quantitative estimate of drug-likeness (QED) is 0.436. The first kappa shape index (κ1) is 20.9. The largest absolute Gasteiger partial charge is 0.493 e. The molecule has 2 N–H and O–H groups in total. The summed E-state index contributed by atoms with van der Waals surface area (Å²) in [6.45, 7) is 0. The summed E-state index contributed by atoms with van der Waals surface area (Å²) >= 11 is 0.